The third-order valence-corrected chi connectivity index (χ3v) is 6.65. The number of rotatable bonds is 4. The third-order valence-electron chi connectivity index (χ3n) is 4.65. The number of anilines is 1. The quantitative estimate of drug-likeness (QED) is 0.827. The highest BCUT2D eigenvalue weighted by Gasteiger charge is 2.29. The minimum atomic E-state index is -3.15. The fraction of sp³-hybridized carbons (Fsp3) is 0.412. The van der Waals surface area contributed by atoms with Crippen molar-refractivity contribution in [2.45, 2.75) is 37.0 Å². The summed E-state index contributed by atoms with van der Waals surface area (Å²) < 4.78 is 51.3. The van der Waals surface area contributed by atoms with Crippen LogP contribution in [0.3, 0.4) is 0 Å². The molecular formula is C17H18ClF2N3O3S. The van der Waals surface area contributed by atoms with Crippen molar-refractivity contribution in [3.8, 4) is 5.69 Å². The van der Waals surface area contributed by atoms with E-state index in [1.54, 1.807) is 0 Å². The largest absolute Gasteiger partial charge is 0.380 e. The first-order valence-corrected chi connectivity index (χ1v) is 10.7. The maximum atomic E-state index is 13.9. The van der Waals surface area contributed by atoms with Gasteiger partial charge < -0.3 is 5.32 Å². The lowest BCUT2D eigenvalue weighted by molar-refractivity contribution is 0.452. The molecule has 146 valence electrons. The summed E-state index contributed by atoms with van der Waals surface area (Å²) in [7, 11) is -3.15. The zero-order valence-corrected chi connectivity index (χ0v) is 16.0. The highest BCUT2D eigenvalue weighted by atomic mass is 35.5. The Morgan fingerprint density at radius 1 is 1.30 bits per heavy atom. The van der Waals surface area contributed by atoms with Gasteiger partial charge in [0.25, 0.3) is 5.56 Å². The molecule has 1 fully saturated rings. The van der Waals surface area contributed by atoms with Crippen LogP contribution in [0.5, 0.6) is 0 Å². The fourth-order valence-electron chi connectivity index (χ4n) is 3.24. The number of nitrogens with zero attached hydrogens (tertiary/aromatic N) is 2. The van der Waals surface area contributed by atoms with Gasteiger partial charge in [0.15, 0.2) is 5.82 Å². The van der Waals surface area contributed by atoms with Crippen LogP contribution in [0.15, 0.2) is 29.2 Å². The van der Waals surface area contributed by atoms with Gasteiger partial charge in [-0.3, -0.25) is 4.79 Å². The van der Waals surface area contributed by atoms with Gasteiger partial charge >= 0.3 is 0 Å². The summed E-state index contributed by atoms with van der Waals surface area (Å²) in [6.07, 6.45) is 4.97. The number of halogens is 3. The Labute approximate surface area is 160 Å². The van der Waals surface area contributed by atoms with Gasteiger partial charge in [-0.25, -0.2) is 17.2 Å². The summed E-state index contributed by atoms with van der Waals surface area (Å²) in [6, 6.07) is 2.59. The molecule has 27 heavy (non-hydrogen) atoms. The van der Waals surface area contributed by atoms with Gasteiger partial charge in [0, 0.05) is 18.4 Å². The van der Waals surface area contributed by atoms with E-state index in [-0.39, 0.29) is 22.4 Å². The summed E-state index contributed by atoms with van der Waals surface area (Å²) in [4.78, 5) is 12.5. The van der Waals surface area contributed by atoms with Crippen molar-refractivity contribution in [2.75, 3.05) is 11.6 Å². The van der Waals surface area contributed by atoms with Crippen molar-refractivity contribution in [1.29, 1.82) is 0 Å². The van der Waals surface area contributed by atoms with Crippen molar-refractivity contribution in [2.24, 2.45) is 0 Å². The summed E-state index contributed by atoms with van der Waals surface area (Å²) in [5.74, 6) is -1.71. The zero-order chi connectivity index (χ0) is 19.8. The average Bonchev–Trinajstić information content (AvgIpc) is 2.60. The van der Waals surface area contributed by atoms with Gasteiger partial charge in [0.05, 0.1) is 17.1 Å². The molecule has 1 aromatic heterocycles. The first-order chi connectivity index (χ1) is 12.7. The topological polar surface area (TPSA) is 81.1 Å². The van der Waals surface area contributed by atoms with Gasteiger partial charge in [0.1, 0.15) is 26.4 Å². The maximum absolute atomic E-state index is 13.9. The van der Waals surface area contributed by atoms with Crippen molar-refractivity contribution in [1.82, 2.24) is 9.78 Å². The first kappa shape index (κ1) is 19.8. The normalized spacial score (nSPS) is 20.4. The second-order valence-corrected chi connectivity index (χ2v) is 9.35. The molecule has 0 spiro atoms. The molecule has 10 heteroatoms. The van der Waals surface area contributed by atoms with Crippen LogP contribution in [0.2, 0.25) is 5.02 Å². The van der Waals surface area contributed by atoms with Gasteiger partial charge in [-0.05, 0) is 31.4 Å². The molecule has 2 aromatic rings. The van der Waals surface area contributed by atoms with E-state index in [2.05, 4.69) is 10.4 Å². The van der Waals surface area contributed by atoms with E-state index in [1.165, 1.54) is 12.5 Å². The third kappa shape index (κ3) is 4.30. The van der Waals surface area contributed by atoms with E-state index in [0.717, 1.165) is 29.7 Å². The standard InChI is InChI=1S/C17H18ClF2N3O3S/c1-27(25,26)12-4-2-3-11(8-12)22-14-9-21-23(17(24)16(14)18)15-6-5-10(19)7-13(15)20/h5-7,9,11-12,22H,2-4,8H2,1H3. The number of nitrogens with one attached hydrogen (secondary N) is 1. The number of hydrogen-bond acceptors (Lipinski definition) is 5. The van der Waals surface area contributed by atoms with Crippen LogP contribution >= 0.6 is 11.6 Å². The van der Waals surface area contributed by atoms with E-state index >= 15 is 0 Å². The van der Waals surface area contributed by atoms with Crippen LogP contribution in [0, 0.1) is 11.6 Å². The van der Waals surface area contributed by atoms with Crippen LogP contribution in [-0.2, 0) is 9.84 Å². The Hall–Kier alpha value is -2.00. The summed E-state index contributed by atoms with van der Waals surface area (Å²) in [5, 5.41) is 6.34. The number of hydrogen-bond donors (Lipinski definition) is 1. The molecule has 1 aromatic carbocycles. The lowest BCUT2D eigenvalue weighted by Crippen LogP contribution is -2.35. The van der Waals surface area contributed by atoms with E-state index in [1.807, 2.05) is 0 Å². The van der Waals surface area contributed by atoms with Crippen molar-refractivity contribution < 1.29 is 17.2 Å². The summed E-state index contributed by atoms with van der Waals surface area (Å²) >= 11 is 6.13. The van der Waals surface area contributed by atoms with Crippen LogP contribution < -0.4 is 10.9 Å². The van der Waals surface area contributed by atoms with Crippen LogP contribution in [0.25, 0.3) is 5.69 Å². The number of benzene rings is 1. The molecule has 0 saturated heterocycles. The molecule has 3 rings (SSSR count). The Morgan fingerprint density at radius 2 is 2.04 bits per heavy atom. The Kier molecular flexibility index (Phi) is 5.53. The van der Waals surface area contributed by atoms with Crippen molar-refractivity contribution >= 4 is 27.1 Å². The van der Waals surface area contributed by atoms with Gasteiger partial charge in [-0.1, -0.05) is 18.0 Å². The zero-order valence-electron chi connectivity index (χ0n) is 14.5. The molecule has 1 aliphatic carbocycles. The molecule has 2 atom stereocenters. The Morgan fingerprint density at radius 3 is 2.70 bits per heavy atom. The van der Waals surface area contributed by atoms with E-state index in [9.17, 15) is 22.0 Å². The molecule has 1 aliphatic rings. The van der Waals surface area contributed by atoms with Gasteiger partial charge in [-0.2, -0.15) is 9.78 Å². The Bertz CT molecular complexity index is 1030. The molecule has 0 aliphatic heterocycles. The lowest BCUT2D eigenvalue weighted by Gasteiger charge is -2.29. The minimum Gasteiger partial charge on any atom is -0.380 e. The molecule has 0 radical (unpaired) electrons. The molecule has 1 saturated carbocycles. The van der Waals surface area contributed by atoms with Crippen molar-refractivity contribution in [3.05, 3.63) is 51.4 Å². The molecule has 2 unspecified atom stereocenters. The van der Waals surface area contributed by atoms with Gasteiger partial charge in [-0.15, -0.1) is 0 Å². The highest BCUT2D eigenvalue weighted by molar-refractivity contribution is 7.91. The minimum absolute atomic E-state index is 0.171. The summed E-state index contributed by atoms with van der Waals surface area (Å²) in [6.45, 7) is 0. The SMILES string of the molecule is CS(=O)(=O)C1CCCC(Nc2cnn(-c3ccc(F)cc3F)c(=O)c2Cl)C1. The second-order valence-electron chi connectivity index (χ2n) is 6.64. The second kappa shape index (κ2) is 7.55. The van der Waals surface area contributed by atoms with Crippen LogP contribution in [-0.4, -0.2) is 35.7 Å². The van der Waals surface area contributed by atoms with E-state index in [4.69, 9.17) is 11.6 Å². The molecular weight excluding hydrogens is 400 g/mol. The van der Waals surface area contributed by atoms with Crippen LogP contribution in [0.1, 0.15) is 25.7 Å². The van der Waals surface area contributed by atoms with E-state index < -0.39 is 32.3 Å². The number of aromatic nitrogens is 2. The van der Waals surface area contributed by atoms with Crippen molar-refractivity contribution in [3.63, 3.8) is 0 Å². The predicted octanol–water partition coefficient (Wildman–Crippen LogP) is 2.93. The fourth-order valence-corrected chi connectivity index (χ4v) is 4.60. The molecule has 1 heterocycles. The molecule has 0 bridgehead atoms. The highest BCUT2D eigenvalue weighted by Crippen LogP contribution is 2.28. The molecule has 6 nitrogen and oxygen atoms in total. The van der Waals surface area contributed by atoms with Crippen LogP contribution in [0.4, 0.5) is 14.5 Å². The Balaban J connectivity index is 1.86. The van der Waals surface area contributed by atoms with E-state index in [0.29, 0.717) is 18.9 Å². The summed E-state index contributed by atoms with van der Waals surface area (Å²) in [5.41, 5.74) is -0.730. The lowest BCUT2D eigenvalue weighted by atomic mass is 9.95. The smallest absolute Gasteiger partial charge is 0.292 e. The maximum Gasteiger partial charge on any atom is 0.292 e. The molecule has 1 N–H and O–H groups in total. The monoisotopic (exact) mass is 417 g/mol. The number of sulfone groups is 1. The first-order valence-electron chi connectivity index (χ1n) is 8.35. The average molecular weight is 418 g/mol. The molecule has 0 amide bonds. The van der Waals surface area contributed by atoms with Gasteiger partial charge in [0.2, 0.25) is 0 Å². The predicted molar refractivity (Wildman–Crippen MR) is 99.3 cm³/mol.